The van der Waals surface area contributed by atoms with Gasteiger partial charge >= 0.3 is 0 Å². The molecule has 8 heteroatoms. The number of pyridine rings is 1. The first-order valence-corrected chi connectivity index (χ1v) is 10.7. The van der Waals surface area contributed by atoms with Crippen molar-refractivity contribution in [3.63, 3.8) is 0 Å². The van der Waals surface area contributed by atoms with Gasteiger partial charge in [0.15, 0.2) is 0 Å². The topological polar surface area (TPSA) is 88.2 Å². The molecule has 0 fully saturated rings. The van der Waals surface area contributed by atoms with Crippen LogP contribution in [0.2, 0.25) is 5.02 Å². The Balaban J connectivity index is 1.89. The SMILES string of the molecule is C=CCNS(=O)(=O)c1ccc(C(=O)Nc2cc(C)nc3c(C)c(Cl)ccc23)cc1. The van der Waals surface area contributed by atoms with Crippen LogP contribution >= 0.6 is 11.6 Å². The normalized spacial score (nSPS) is 11.4. The van der Waals surface area contributed by atoms with Crippen LogP contribution in [0.4, 0.5) is 5.69 Å². The Hall–Kier alpha value is -2.74. The minimum atomic E-state index is -3.64. The number of anilines is 1. The molecule has 2 N–H and O–H groups in total. The third-order valence-electron chi connectivity index (χ3n) is 4.39. The number of halogens is 1. The molecule has 150 valence electrons. The van der Waals surface area contributed by atoms with E-state index in [1.807, 2.05) is 19.9 Å². The fourth-order valence-corrected chi connectivity index (χ4v) is 4.02. The molecule has 0 radical (unpaired) electrons. The van der Waals surface area contributed by atoms with Crippen LogP contribution in [-0.2, 0) is 10.0 Å². The Morgan fingerprint density at radius 1 is 1.17 bits per heavy atom. The lowest BCUT2D eigenvalue weighted by Gasteiger charge is -2.12. The van der Waals surface area contributed by atoms with E-state index in [1.165, 1.54) is 30.3 Å². The first-order chi connectivity index (χ1) is 13.7. The summed E-state index contributed by atoms with van der Waals surface area (Å²) in [5.74, 6) is -0.354. The van der Waals surface area contributed by atoms with Gasteiger partial charge in [-0.1, -0.05) is 17.7 Å². The van der Waals surface area contributed by atoms with Gasteiger partial charge in [-0.15, -0.1) is 6.58 Å². The summed E-state index contributed by atoms with van der Waals surface area (Å²) in [5.41, 5.74) is 3.25. The van der Waals surface area contributed by atoms with Gasteiger partial charge in [0.1, 0.15) is 0 Å². The molecule has 3 rings (SSSR count). The summed E-state index contributed by atoms with van der Waals surface area (Å²) in [7, 11) is -3.64. The van der Waals surface area contributed by atoms with Crippen molar-refractivity contribution < 1.29 is 13.2 Å². The maximum absolute atomic E-state index is 12.7. The predicted molar refractivity (Wildman–Crippen MR) is 116 cm³/mol. The van der Waals surface area contributed by atoms with E-state index >= 15 is 0 Å². The number of nitrogens with one attached hydrogen (secondary N) is 2. The minimum absolute atomic E-state index is 0.0753. The molecule has 0 atom stereocenters. The average molecular weight is 430 g/mol. The summed E-state index contributed by atoms with van der Waals surface area (Å²) in [5, 5.41) is 4.26. The van der Waals surface area contributed by atoms with Crippen molar-refractivity contribution in [2.75, 3.05) is 11.9 Å². The lowest BCUT2D eigenvalue weighted by molar-refractivity contribution is 0.102. The summed E-state index contributed by atoms with van der Waals surface area (Å²) in [6.07, 6.45) is 1.45. The molecule has 0 spiro atoms. The summed E-state index contributed by atoms with van der Waals surface area (Å²) >= 11 is 6.19. The van der Waals surface area contributed by atoms with Gasteiger partial charge in [0, 0.05) is 28.2 Å². The van der Waals surface area contributed by atoms with Gasteiger partial charge < -0.3 is 5.32 Å². The highest BCUT2D eigenvalue weighted by Crippen LogP contribution is 2.30. The van der Waals surface area contributed by atoms with Crippen LogP contribution < -0.4 is 10.0 Å². The molecule has 3 aromatic rings. The van der Waals surface area contributed by atoms with Crippen molar-refractivity contribution in [1.82, 2.24) is 9.71 Å². The zero-order valence-corrected chi connectivity index (χ0v) is 17.6. The number of carbonyl (C=O) groups is 1. The maximum atomic E-state index is 12.7. The molecule has 6 nitrogen and oxygen atoms in total. The van der Waals surface area contributed by atoms with E-state index in [0.717, 1.165) is 22.2 Å². The Labute approximate surface area is 174 Å². The molecule has 0 saturated heterocycles. The number of aryl methyl sites for hydroxylation is 2. The third kappa shape index (κ3) is 4.48. The Kier molecular flexibility index (Phi) is 6.02. The minimum Gasteiger partial charge on any atom is -0.321 e. The van der Waals surface area contributed by atoms with E-state index in [1.54, 1.807) is 12.1 Å². The average Bonchev–Trinajstić information content (AvgIpc) is 2.69. The lowest BCUT2D eigenvalue weighted by Crippen LogP contribution is -2.23. The van der Waals surface area contributed by atoms with Gasteiger partial charge in [-0.3, -0.25) is 9.78 Å². The molecule has 0 bridgehead atoms. The van der Waals surface area contributed by atoms with Crippen molar-refractivity contribution in [2.24, 2.45) is 0 Å². The molecule has 29 heavy (non-hydrogen) atoms. The second-order valence-corrected chi connectivity index (χ2v) is 8.67. The molecule has 0 unspecified atom stereocenters. The van der Waals surface area contributed by atoms with Crippen molar-refractivity contribution >= 4 is 44.1 Å². The highest BCUT2D eigenvalue weighted by Gasteiger charge is 2.15. The zero-order valence-electron chi connectivity index (χ0n) is 16.0. The quantitative estimate of drug-likeness (QED) is 0.574. The second-order valence-electron chi connectivity index (χ2n) is 6.50. The van der Waals surface area contributed by atoms with Crippen LogP contribution in [0.25, 0.3) is 10.9 Å². The number of fused-ring (bicyclic) bond motifs is 1. The number of amides is 1. The first-order valence-electron chi connectivity index (χ1n) is 8.81. The van der Waals surface area contributed by atoms with E-state index in [4.69, 9.17) is 11.6 Å². The van der Waals surface area contributed by atoms with Crippen LogP contribution in [0, 0.1) is 13.8 Å². The van der Waals surface area contributed by atoms with E-state index in [-0.39, 0.29) is 17.3 Å². The van der Waals surface area contributed by atoms with Gasteiger partial charge in [-0.25, -0.2) is 13.1 Å². The summed E-state index contributed by atoms with van der Waals surface area (Å²) < 4.78 is 26.6. The summed E-state index contributed by atoms with van der Waals surface area (Å²) in [6.45, 7) is 7.32. The van der Waals surface area contributed by atoms with E-state index in [9.17, 15) is 13.2 Å². The van der Waals surface area contributed by atoms with Crippen LogP contribution in [0.15, 0.2) is 60.0 Å². The number of hydrogen-bond acceptors (Lipinski definition) is 4. The van der Waals surface area contributed by atoms with Crippen LogP contribution in [0.3, 0.4) is 0 Å². The van der Waals surface area contributed by atoms with Crippen molar-refractivity contribution in [2.45, 2.75) is 18.7 Å². The molecule has 0 aliphatic carbocycles. The zero-order chi connectivity index (χ0) is 21.2. The largest absolute Gasteiger partial charge is 0.321 e. The third-order valence-corrected chi connectivity index (χ3v) is 6.24. The van der Waals surface area contributed by atoms with Gasteiger partial charge in [0.05, 0.1) is 16.1 Å². The van der Waals surface area contributed by atoms with E-state index in [2.05, 4.69) is 21.6 Å². The van der Waals surface area contributed by atoms with E-state index in [0.29, 0.717) is 16.3 Å². The van der Waals surface area contributed by atoms with Crippen LogP contribution in [0.1, 0.15) is 21.6 Å². The highest BCUT2D eigenvalue weighted by atomic mass is 35.5. The van der Waals surface area contributed by atoms with Crippen molar-refractivity contribution in [1.29, 1.82) is 0 Å². The molecule has 0 saturated carbocycles. The molecule has 0 aliphatic rings. The Bertz CT molecular complexity index is 1210. The number of nitrogens with zero attached hydrogens (tertiary/aromatic N) is 1. The van der Waals surface area contributed by atoms with E-state index < -0.39 is 10.0 Å². The molecular weight excluding hydrogens is 410 g/mol. The number of benzene rings is 2. The van der Waals surface area contributed by atoms with Crippen molar-refractivity contribution in [3.8, 4) is 0 Å². The molecule has 2 aromatic carbocycles. The van der Waals surface area contributed by atoms with Crippen molar-refractivity contribution in [3.05, 3.63) is 77.0 Å². The number of sulfonamides is 1. The van der Waals surface area contributed by atoms with Gasteiger partial charge in [0.2, 0.25) is 10.0 Å². The predicted octanol–water partition coefficient (Wildman–Crippen LogP) is 4.22. The highest BCUT2D eigenvalue weighted by molar-refractivity contribution is 7.89. The molecular formula is C21H20ClN3O3S. The molecule has 1 heterocycles. The number of hydrogen-bond donors (Lipinski definition) is 2. The summed E-state index contributed by atoms with van der Waals surface area (Å²) in [6, 6.07) is 11.1. The maximum Gasteiger partial charge on any atom is 0.255 e. The first kappa shape index (κ1) is 21.0. The monoisotopic (exact) mass is 429 g/mol. The van der Waals surface area contributed by atoms with Crippen LogP contribution in [0.5, 0.6) is 0 Å². The number of carbonyl (C=O) groups excluding carboxylic acids is 1. The van der Waals surface area contributed by atoms with Gasteiger partial charge in [0.25, 0.3) is 5.91 Å². The second kappa shape index (κ2) is 8.32. The number of aromatic nitrogens is 1. The van der Waals surface area contributed by atoms with Gasteiger partial charge in [-0.2, -0.15) is 0 Å². The number of rotatable bonds is 6. The summed E-state index contributed by atoms with van der Waals surface area (Å²) in [4.78, 5) is 17.3. The Morgan fingerprint density at radius 3 is 2.52 bits per heavy atom. The molecule has 1 aromatic heterocycles. The fraction of sp³-hybridized carbons (Fsp3) is 0.143. The van der Waals surface area contributed by atoms with Gasteiger partial charge in [-0.05, 0) is 61.9 Å². The fourth-order valence-electron chi connectivity index (χ4n) is 2.87. The van der Waals surface area contributed by atoms with Crippen LogP contribution in [-0.4, -0.2) is 25.9 Å². The lowest BCUT2D eigenvalue weighted by atomic mass is 10.1. The standard InChI is InChI=1S/C21H20ClN3O3S/c1-4-11-23-29(27,28)16-7-5-15(6-8-16)21(26)25-19-12-13(2)24-20-14(3)18(22)10-9-17(19)20/h4-10,12,23H,1,11H2,2-3H3,(H,24,25,26). The molecule has 1 amide bonds. The molecule has 0 aliphatic heterocycles. The smallest absolute Gasteiger partial charge is 0.255 e. The Morgan fingerprint density at radius 2 is 1.86 bits per heavy atom.